The number of rotatable bonds is 6. The normalized spacial score (nSPS) is 12.1. The van der Waals surface area contributed by atoms with E-state index in [9.17, 15) is 5.11 Å². The largest absolute Gasteiger partial charge is 0.508 e. The Labute approximate surface area is 221 Å². The van der Waals surface area contributed by atoms with Gasteiger partial charge in [-0.25, -0.2) is 0 Å². The molecular weight excluding hydrogens is 470 g/mol. The molecule has 6 rings (SSSR count). The number of hydrogen-bond acceptors (Lipinski definition) is 4. The minimum absolute atomic E-state index is 0.0578. The molecule has 0 fully saturated rings. The Kier molecular flexibility index (Phi) is 5.89. The standard InChI is InChI=1S/C33H27N3O2/c1-21-32(23(3)38-35-21)27-16-17-28-29(25-14-12-24(13-15-25)22(2)37)20-36(31(28)19-27)33(26-9-5-4-6-10-26)30-11-7-8-18-34-30/h4-20,33,37H,2H2,1,3H3/t33-/m1/s1. The third-order valence-corrected chi connectivity index (χ3v) is 7.05. The summed E-state index contributed by atoms with van der Waals surface area (Å²) < 4.78 is 7.80. The van der Waals surface area contributed by atoms with Gasteiger partial charge in [-0.15, -0.1) is 0 Å². The van der Waals surface area contributed by atoms with Crippen LogP contribution < -0.4 is 0 Å². The van der Waals surface area contributed by atoms with E-state index < -0.39 is 0 Å². The third kappa shape index (κ3) is 4.08. The van der Waals surface area contributed by atoms with Crippen LogP contribution in [0.5, 0.6) is 0 Å². The second-order valence-corrected chi connectivity index (χ2v) is 9.47. The summed E-state index contributed by atoms with van der Waals surface area (Å²) >= 11 is 0. The lowest BCUT2D eigenvalue weighted by atomic mass is 9.99. The molecule has 186 valence electrons. The first kappa shape index (κ1) is 23.5. The van der Waals surface area contributed by atoms with E-state index in [4.69, 9.17) is 9.51 Å². The van der Waals surface area contributed by atoms with Gasteiger partial charge in [-0.05, 0) is 48.7 Å². The van der Waals surface area contributed by atoms with Gasteiger partial charge in [0.05, 0.1) is 16.9 Å². The first-order valence-electron chi connectivity index (χ1n) is 12.5. The topological polar surface area (TPSA) is 64.1 Å². The van der Waals surface area contributed by atoms with Crippen molar-refractivity contribution in [2.24, 2.45) is 0 Å². The van der Waals surface area contributed by atoms with E-state index in [1.807, 2.05) is 62.5 Å². The predicted molar refractivity (Wildman–Crippen MR) is 152 cm³/mol. The molecule has 3 heterocycles. The predicted octanol–water partition coefficient (Wildman–Crippen LogP) is 8.14. The van der Waals surface area contributed by atoms with Crippen molar-refractivity contribution in [3.8, 4) is 22.3 Å². The van der Waals surface area contributed by atoms with Crippen molar-refractivity contribution in [3.05, 3.63) is 138 Å². The van der Waals surface area contributed by atoms with Gasteiger partial charge in [0.25, 0.3) is 0 Å². The molecule has 3 aromatic heterocycles. The van der Waals surface area contributed by atoms with Crippen LogP contribution in [-0.2, 0) is 0 Å². The molecule has 1 N–H and O–H groups in total. The smallest absolute Gasteiger partial charge is 0.141 e. The van der Waals surface area contributed by atoms with Gasteiger partial charge in [0.15, 0.2) is 0 Å². The van der Waals surface area contributed by atoms with Crippen molar-refractivity contribution in [3.63, 3.8) is 0 Å². The summed E-state index contributed by atoms with van der Waals surface area (Å²) in [7, 11) is 0. The highest BCUT2D eigenvalue weighted by atomic mass is 16.5. The van der Waals surface area contributed by atoms with Gasteiger partial charge >= 0.3 is 0 Å². The lowest BCUT2D eigenvalue weighted by Gasteiger charge is -2.21. The van der Waals surface area contributed by atoms with E-state index in [-0.39, 0.29) is 11.8 Å². The summed E-state index contributed by atoms with van der Waals surface area (Å²) in [5, 5.41) is 15.1. The Morgan fingerprint density at radius 1 is 0.895 bits per heavy atom. The molecule has 0 spiro atoms. The number of aromatic nitrogens is 3. The Hall–Kier alpha value is -4.90. The van der Waals surface area contributed by atoms with E-state index in [0.29, 0.717) is 5.56 Å². The van der Waals surface area contributed by atoms with Gasteiger partial charge in [-0.2, -0.15) is 0 Å². The van der Waals surface area contributed by atoms with Crippen molar-refractivity contribution in [2.45, 2.75) is 19.9 Å². The van der Waals surface area contributed by atoms with Crippen molar-refractivity contribution in [2.75, 3.05) is 0 Å². The van der Waals surface area contributed by atoms with Crippen LogP contribution in [0, 0.1) is 13.8 Å². The summed E-state index contributed by atoms with van der Waals surface area (Å²) in [6.07, 6.45) is 4.05. The summed E-state index contributed by atoms with van der Waals surface area (Å²) in [4.78, 5) is 4.77. The second-order valence-electron chi connectivity index (χ2n) is 9.47. The Bertz CT molecular complexity index is 1690. The highest BCUT2D eigenvalue weighted by molar-refractivity contribution is 5.98. The van der Waals surface area contributed by atoms with Crippen molar-refractivity contribution < 1.29 is 9.63 Å². The number of fused-ring (bicyclic) bond motifs is 1. The number of benzene rings is 3. The van der Waals surface area contributed by atoms with Gasteiger partial charge in [-0.3, -0.25) is 4.98 Å². The zero-order valence-corrected chi connectivity index (χ0v) is 21.3. The number of aryl methyl sites for hydroxylation is 2. The average Bonchev–Trinajstić information content (AvgIpc) is 3.49. The van der Waals surface area contributed by atoms with Crippen molar-refractivity contribution in [1.29, 1.82) is 0 Å². The molecule has 3 aromatic carbocycles. The molecule has 0 saturated heterocycles. The summed E-state index contributed by atoms with van der Waals surface area (Å²) in [5.41, 5.74) is 8.96. The first-order chi connectivity index (χ1) is 18.5. The fourth-order valence-corrected chi connectivity index (χ4v) is 5.23. The van der Waals surface area contributed by atoms with Crippen LogP contribution >= 0.6 is 0 Å². The number of aliphatic hydroxyl groups excluding tert-OH is 1. The van der Waals surface area contributed by atoms with E-state index in [0.717, 1.165) is 55.9 Å². The summed E-state index contributed by atoms with van der Waals surface area (Å²) in [6, 6.07) is 30.7. The van der Waals surface area contributed by atoms with Gasteiger partial charge in [0.2, 0.25) is 0 Å². The number of nitrogens with zero attached hydrogens (tertiary/aromatic N) is 3. The van der Waals surface area contributed by atoms with Crippen LogP contribution in [0.25, 0.3) is 38.9 Å². The molecular formula is C33H27N3O2. The molecule has 0 amide bonds. The fraction of sp³-hybridized carbons (Fsp3) is 0.0909. The Morgan fingerprint density at radius 2 is 1.63 bits per heavy atom. The van der Waals surface area contributed by atoms with Gasteiger partial charge in [0, 0.05) is 34.5 Å². The first-order valence-corrected chi connectivity index (χ1v) is 12.5. The summed E-state index contributed by atoms with van der Waals surface area (Å²) in [6.45, 7) is 7.57. The highest BCUT2D eigenvalue weighted by Crippen LogP contribution is 2.39. The molecule has 0 aliphatic carbocycles. The van der Waals surface area contributed by atoms with Gasteiger partial charge in [0.1, 0.15) is 17.6 Å². The van der Waals surface area contributed by atoms with E-state index >= 15 is 0 Å². The highest BCUT2D eigenvalue weighted by Gasteiger charge is 2.23. The van der Waals surface area contributed by atoms with Crippen LogP contribution in [0.4, 0.5) is 0 Å². The summed E-state index contributed by atoms with van der Waals surface area (Å²) in [5.74, 6) is 0.853. The van der Waals surface area contributed by atoms with Crippen LogP contribution in [0.15, 0.2) is 114 Å². The van der Waals surface area contributed by atoms with Crippen molar-refractivity contribution in [1.82, 2.24) is 14.7 Å². The maximum atomic E-state index is 9.83. The van der Waals surface area contributed by atoms with Gasteiger partial charge in [-0.1, -0.05) is 84.5 Å². The Morgan fingerprint density at radius 3 is 2.29 bits per heavy atom. The third-order valence-electron chi connectivity index (χ3n) is 7.05. The van der Waals surface area contributed by atoms with Crippen LogP contribution in [0.2, 0.25) is 0 Å². The fourth-order valence-electron chi connectivity index (χ4n) is 5.23. The number of pyridine rings is 1. The minimum Gasteiger partial charge on any atom is -0.508 e. The number of hydrogen-bond donors (Lipinski definition) is 1. The molecule has 38 heavy (non-hydrogen) atoms. The molecule has 5 heteroatoms. The number of aliphatic hydroxyl groups is 1. The second kappa shape index (κ2) is 9.52. The molecule has 0 bridgehead atoms. The molecule has 5 nitrogen and oxygen atoms in total. The van der Waals surface area contributed by atoms with E-state index in [2.05, 4.69) is 71.0 Å². The Balaban J connectivity index is 1.63. The molecule has 0 saturated carbocycles. The molecule has 1 atom stereocenters. The van der Waals surface area contributed by atoms with Crippen LogP contribution in [0.1, 0.15) is 34.3 Å². The van der Waals surface area contributed by atoms with Crippen LogP contribution in [0.3, 0.4) is 0 Å². The monoisotopic (exact) mass is 497 g/mol. The quantitative estimate of drug-likeness (QED) is 0.236. The maximum absolute atomic E-state index is 9.83. The van der Waals surface area contributed by atoms with Crippen molar-refractivity contribution >= 4 is 16.7 Å². The molecule has 0 radical (unpaired) electrons. The molecule has 0 unspecified atom stereocenters. The maximum Gasteiger partial charge on any atom is 0.141 e. The lowest BCUT2D eigenvalue weighted by molar-refractivity contribution is 0.393. The minimum atomic E-state index is -0.134. The zero-order chi connectivity index (χ0) is 26.2. The average molecular weight is 498 g/mol. The molecule has 0 aliphatic heterocycles. The molecule has 6 aromatic rings. The SMILES string of the molecule is C=C(O)c1ccc(-c2cn([C@H](c3ccccc3)c3ccccn3)c3cc(-c4c(C)noc4C)ccc23)cc1. The van der Waals surface area contributed by atoms with E-state index in [1.54, 1.807) is 0 Å². The van der Waals surface area contributed by atoms with Crippen LogP contribution in [-0.4, -0.2) is 19.8 Å². The lowest BCUT2D eigenvalue weighted by Crippen LogP contribution is -2.12. The zero-order valence-electron chi connectivity index (χ0n) is 21.3. The molecule has 0 aliphatic rings. The van der Waals surface area contributed by atoms with E-state index in [1.165, 1.54) is 0 Å². The van der Waals surface area contributed by atoms with Gasteiger partial charge < -0.3 is 14.2 Å².